The van der Waals surface area contributed by atoms with E-state index in [9.17, 15) is 14.4 Å². The Hall–Kier alpha value is -3.63. The van der Waals surface area contributed by atoms with Crippen molar-refractivity contribution < 1.29 is 33.3 Å². The number of rotatable bonds is 8. The third-order valence-electron chi connectivity index (χ3n) is 12.2. The van der Waals surface area contributed by atoms with Crippen LogP contribution >= 0.6 is 0 Å². The van der Waals surface area contributed by atoms with E-state index in [2.05, 4.69) is 63.7 Å². The lowest BCUT2D eigenvalue weighted by Gasteiger charge is -2.50. The zero-order valence-electron chi connectivity index (χ0n) is 33.8. The fraction of sp³-hybridized carbons (Fsp3) is 0.775. The third kappa shape index (κ3) is 8.54. The van der Waals surface area contributed by atoms with Gasteiger partial charge < -0.3 is 29.2 Å². The number of morpholine rings is 1. The SMILES string of the molecule is [C-]#[N+]c1c(C(=O)OC2C(C(C)(C)C)CC(C)CC2C(C)(C)C)c2nc(C3CCC(OC)C(NC(=O)C(C)(C)CC)C3)[nH]n2c1OC(=O)N1CCOCC1. The average Bonchev–Trinajstić information content (AvgIpc) is 3.65. The molecular weight excluding hydrogens is 676 g/mol. The number of carbonyl (C=O) groups excluding carboxylic acids is 3. The van der Waals surface area contributed by atoms with Crippen LogP contribution in [0.4, 0.5) is 10.5 Å². The van der Waals surface area contributed by atoms with Crippen molar-refractivity contribution in [2.75, 3.05) is 33.4 Å². The van der Waals surface area contributed by atoms with E-state index in [-0.39, 0.29) is 69.4 Å². The maximum absolute atomic E-state index is 14.6. The smallest absolute Gasteiger partial charge is 0.415 e. The summed E-state index contributed by atoms with van der Waals surface area (Å²) < 4.78 is 25.2. The van der Waals surface area contributed by atoms with E-state index >= 15 is 0 Å². The molecule has 13 nitrogen and oxygen atoms in total. The maximum atomic E-state index is 14.6. The molecule has 2 aromatic heterocycles. The normalized spacial score (nSPS) is 27.3. The minimum Gasteiger partial charge on any atom is -0.459 e. The molecule has 3 heterocycles. The lowest BCUT2D eigenvalue weighted by molar-refractivity contribution is -0.131. The zero-order valence-corrected chi connectivity index (χ0v) is 33.8. The van der Waals surface area contributed by atoms with E-state index in [1.165, 1.54) is 9.42 Å². The highest BCUT2D eigenvalue weighted by atomic mass is 16.6. The lowest BCUT2D eigenvalue weighted by atomic mass is 9.59. The predicted molar refractivity (Wildman–Crippen MR) is 201 cm³/mol. The number of ether oxygens (including phenoxy) is 4. The van der Waals surface area contributed by atoms with E-state index in [0.717, 1.165) is 12.8 Å². The third-order valence-corrected chi connectivity index (χ3v) is 12.2. The summed E-state index contributed by atoms with van der Waals surface area (Å²) in [5, 5.41) is 6.53. The van der Waals surface area contributed by atoms with E-state index in [0.29, 0.717) is 63.7 Å². The van der Waals surface area contributed by atoms with Gasteiger partial charge in [-0.1, -0.05) is 69.2 Å². The number of hydrogen-bond acceptors (Lipinski definition) is 8. The number of fused-ring (bicyclic) bond motifs is 1. The number of aromatic nitrogens is 3. The molecule has 13 heteroatoms. The highest BCUT2D eigenvalue weighted by Crippen LogP contribution is 2.50. The van der Waals surface area contributed by atoms with Gasteiger partial charge in [-0.05, 0) is 55.3 Å². The summed E-state index contributed by atoms with van der Waals surface area (Å²) in [6, 6.07) is -0.263. The number of nitrogens with one attached hydrogen (secondary N) is 2. The Morgan fingerprint density at radius 3 is 2.17 bits per heavy atom. The molecule has 2 saturated carbocycles. The monoisotopic (exact) mass is 738 g/mol. The average molecular weight is 739 g/mol. The molecule has 5 rings (SSSR count). The maximum Gasteiger partial charge on any atom is 0.415 e. The van der Waals surface area contributed by atoms with Crippen LogP contribution in [-0.4, -0.2) is 89.1 Å². The molecule has 2 aliphatic carbocycles. The van der Waals surface area contributed by atoms with Crippen molar-refractivity contribution in [1.29, 1.82) is 0 Å². The summed E-state index contributed by atoms with van der Waals surface area (Å²) in [4.78, 5) is 51.6. The summed E-state index contributed by atoms with van der Waals surface area (Å²) in [5.74, 6) is 0.259. The van der Waals surface area contributed by atoms with Crippen molar-refractivity contribution in [2.45, 2.75) is 132 Å². The first-order chi connectivity index (χ1) is 24.8. The summed E-state index contributed by atoms with van der Waals surface area (Å²) in [5.41, 5.74) is -0.789. The quantitative estimate of drug-likeness (QED) is 0.209. The fourth-order valence-corrected chi connectivity index (χ4v) is 8.35. The van der Waals surface area contributed by atoms with Crippen LogP contribution in [0.1, 0.15) is 130 Å². The van der Waals surface area contributed by atoms with E-state index in [1.54, 1.807) is 7.11 Å². The van der Waals surface area contributed by atoms with Gasteiger partial charge in [0.1, 0.15) is 17.5 Å². The van der Waals surface area contributed by atoms with Gasteiger partial charge in [0.05, 0.1) is 31.9 Å². The van der Waals surface area contributed by atoms with Crippen molar-refractivity contribution >= 4 is 29.3 Å². The number of H-pyrrole nitrogens is 1. The lowest BCUT2D eigenvalue weighted by Crippen LogP contribution is -2.51. The summed E-state index contributed by atoms with van der Waals surface area (Å²) in [6.07, 6.45) is 3.25. The second-order valence-corrected chi connectivity index (χ2v) is 18.4. The van der Waals surface area contributed by atoms with Crippen LogP contribution < -0.4 is 10.1 Å². The first-order valence-corrected chi connectivity index (χ1v) is 19.4. The summed E-state index contributed by atoms with van der Waals surface area (Å²) in [6.45, 7) is 30.9. The fourth-order valence-electron chi connectivity index (χ4n) is 8.35. The molecule has 2 amide bonds. The first kappa shape index (κ1) is 40.6. The molecule has 2 aromatic rings. The van der Waals surface area contributed by atoms with Gasteiger partial charge in [-0.25, -0.2) is 23.9 Å². The first-order valence-electron chi connectivity index (χ1n) is 19.4. The van der Waals surface area contributed by atoms with E-state index in [1.807, 2.05) is 20.8 Å². The van der Waals surface area contributed by atoms with Crippen LogP contribution in [0.25, 0.3) is 10.5 Å². The molecule has 2 N–H and O–H groups in total. The Kier molecular flexibility index (Phi) is 11.9. The molecular formula is C40H62N6O7. The molecule has 294 valence electrons. The van der Waals surface area contributed by atoms with Crippen molar-refractivity contribution in [2.24, 2.45) is 34.0 Å². The largest absolute Gasteiger partial charge is 0.459 e. The Morgan fingerprint density at radius 1 is 1.00 bits per heavy atom. The van der Waals surface area contributed by atoms with Crippen molar-refractivity contribution in [1.82, 2.24) is 24.8 Å². The molecule has 0 spiro atoms. The molecule has 3 aliphatic rings. The van der Waals surface area contributed by atoms with Gasteiger partial charge >= 0.3 is 12.1 Å². The summed E-state index contributed by atoms with van der Waals surface area (Å²) in [7, 11) is 1.66. The van der Waals surface area contributed by atoms with Gasteiger partial charge in [0.15, 0.2) is 5.65 Å². The van der Waals surface area contributed by atoms with Gasteiger partial charge in [-0.15, -0.1) is 0 Å². The molecule has 5 atom stereocenters. The topological polar surface area (TPSA) is 141 Å². The zero-order chi connectivity index (χ0) is 39.0. The number of esters is 1. The second-order valence-electron chi connectivity index (χ2n) is 18.4. The van der Waals surface area contributed by atoms with Crippen LogP contribution in [0.5, 0.6) is 5.88 Å². The van der Waals surface area contributed by atoms with Crippen LogP contribution in [0.3, 0.4) is 0 Å². The molecule has 53 heavy (non-hydrogen) atoms. The molecule has 1 saturated heterocycles. The van der Waals surface area contributed by atoms with Gasteiger partial charge in [0.2, 0.25) is 11.8 Å². The van der Waals surface area contributed by atoms with Crippen LogP contribution in [0, 0.1) is 40.6 Å². The van der Waals surface area contributed by atoms with E-state index < -0.39 is 23.6 Å². The number of methoxy groups -OCH3 is 1. The van der Waals surface area contributed by atoms with Crippen molar-refractivity contribution in [3.05, 3.63) is 22.8 Å². The van der Waals surface area contributed by atoms with Crippen LogP contribution in [0.2, 0.25) is 0 Å². The summed E-state index contributed by atoms with van der Waals surface area (Å²) >= 11 is 0. The predicted octanol–water partition coefficient (Wildman–Crippen LogP) is 7.53. The number of nitrogens with zero attached hydrogens (tertiary/aromatic N) is 4. The molecule has 5 unspecified atom stereocenters. The minimum absolute atomic E-state index is 0.0219. The van der Waals surface area contributed by atoms with Crippen LogP contribution in [-0.2, 0) is 19.0 Å². The van der Waals surface area contributed by atoms with Gasteiger partial charge in [0, 0.05) is 43.4 Å². The van der Waals surface area contributed by atoms with E-state index in [4.69, 9.17) is 30.5 Å². The number of hydrogen-bond donors (Lipinski definition) is 2. The standard InChI is InChI=1S/C40H62N6O7/c1-13-40(9,10)36(48)42-27-22-24(14-15-28(27)50-12)32-43-33-29(30(41-11)34(46(33)44-32)53-37(49)45-16-18-51-19-17-45)35(47)52-31-25(38(3,4)5)20-23(2)21-26(31)39(6,7)8/h23-28,31H,13-22H2,1-10,12H3,(H,42,48)(H,43,44). The van der Waals surface area contributed by atoms with Crippen molar-refractivity contribution in [3.8, 4) is 5.88 Å². The highest BCUT2D eigenvalue weighted by molar-refractivity contribution is 6.05. The number of aromatic amines is 1. The minimum atomic E-state index is -0.654. The van der Waals surface area contributed by atoms with Gasteiger partial charge in [0.25, 0.3) is 5.69 Å². The molecule has 0 bridgehead atoms. The van der Waals surface area contributed by atoms with Crippen LogP contribution in [0.15, 0.2) is 0 Å². The number of carbonyl (C=O) groups is 3. The molecule has 1 aliphatic heterocycles. The number of amides is 2. The Balaban J connectivity index is 1.56. The molecule has 3 fully saturated rings. The van der Waals surface area contributed by atoms with Gasteiger partial charge in [-0.3, -0.25) is 9.89 Å². The Labute approximate surface area is 315 Å². The molecule has 0 radical (unpaired) electrons. The Bertz CT molecular complexity index is 1660. The highest BCUT2D eigenvalue weighted by Gasteiger charge is 2.49. The van der Waals surface area contributed by atoms with Crippen molar-refractivity contribution in [3.63, 3.8) is 0 Å². The Morgan fingerprint density at radius 2 is 1.62 bits per heavy atom. The second kappa shape index (κ2) is 15.6. The molecule has 0 aromatic carbocycles. The van der Waals surface area contributed by atoms with Gasteiger partial charge in [-0.2, -0.15) is 0 Å².